The largest absolute Gasteiger partial charge is 0.493 e. The maximum absolute atomic E-state index is 13.7. The molecule has 0 saturated carbocycles. The standard InChI is InChI=1S/C27H38N6O8S/c1-5-8-21-23-24(31(4)30-21)27(35)29-26(28-23)20-15-19(9-10-22(20)40-7-3)42(38,39)32-13-11-18(12-14-32)25(34)17(6-2)16-41-33(36)37/h9-10,15,17-18,25,34H,5-8,11-14,16H2,1-4H3,(H,28,29,35). The predicted octanol–water partition coefficient (Wildman–Crippen LogP) is 2.67. The van der Waals surface area contributed by atoms with Gasteiger partial charge in [0, 0.05) is 26.1 Å². The fourth-order valence-electron chi connectivity index (χ4n) is 5.52. The molecule has 4 rings (SSSR count). The van der Waals surface area contributed by atoms with E-state index in [1.165, 1.54) is 21.1 Å². The lowest BCUT2D eigenvalue weighted by molar-refractivity contribution is -0.759. The Morgan fingerprint density at radius 2 is 1.95 bits per heavy atom. The highest BCUT2D eigenvalue weighted by molar-refractivity contribution is 7.89. The molecule has 1 aliphatic rings. The Kier molecular flexibility index (Phi) is 9.84. The number of hydrogen-bond donors (Lipinski definition) is 2. The van der Waals surface area contributed by atoms with Crippen molar-refractivity contribution in [3.63, 3.8) is 0 Å². The van der Waals surface area contributed by atoms with Gasteiger partial charge in [-0.1, -0.05) is 20.3 Å². The Hall–Kier alpha value is -3.56. The molecule has 42 heavy (non-hydrogen) atoms. The maximum atomic E-state index is 13.7. The summed E-state index contributed by atoms with van der Waals surface area (Å²) in [5.41, 5.74) is 1.43. The van der Waals surface area contributed by atoms with E-state index in [0.29, 0.717) is 60.3 Å². The number of H-pyrrole nitrogens is 1. The topological polar surface area (TPSA) is 183 Å². The van der Waals surface area contributed by atoms with Crippen molar-refractivity contribution in [3.8, 4) is 17.1 Å². The lowest BCUT2D eigenvalue weighted by Crippen LogP contribution is -2.43. The summed E-state index contributed by atoms with van der Waals surface area (Å²) in [6, 6.07) is 4.49. The van der Waals surface area contributed by atoms with Gasteiger partial charge in [-0.25, -0.2) is 13.4 Å². The summed E-state index contributed by atoms with van der Waals surface area (Å²) >= 11 is 0. The summed E-state index contributed by atoms with van der Waals surface area (Å²) in [7, 11) is -2.26. The zero-order valence-electron chi connectivity index (χ0n) is 24.3. The first kappa shape index (κ1) is 31.4. The Morgan fingerprint density at radius 3 is 2.57 bits per heavy atom. The number of benzene rings is 1. The first-order valence-electron chi connectivity index (χ1n) is 14.2. The van der Waals surface area contributed by atoms with Crippen LogP contribution in [-0.2, 0) is 28.3 Å². The third-order valence-corrected chi connectivity index (χ3v) is 9.67. The second kappa shape index (κ2) is 13.2. The second-order valence-electron chi connectivity index (χ2n) is 10.4. The van der Waals surface area contributed by atoms with Gasteiger partial charge in [-0.2, -0.15) is 9.40 Å². The molecule has 2 atom stereocenters. The lowest BCUT2D eigenvalue weighted by atomic mass is 9.84. The molecule has 1 fully saturated rings. The quantitative estimate of drug-likeness (QED) is 0.217. The molecule has 0 amide bonds. The third kappa shape index (κ3) is 6.42. The SMILES string of the molecule is CCCc1nn(C)c2c(=O)[nH]c(-c3cc(S(=O)(=O)N4CCC(C(O)C(CC)CO[N+](=O)[O-])CC4)ccc3OCC)nc12. The minimum Gasteiger partial charge on any atom is -0.493 e. The van der Waals surface area contributed by atoms with Gasteiger partial charge in [-0.15, -0.1) is 10.1 Å². The highest BCUT2D eigenvalue weighted by atomic mass is 32.2. The molecule has 14 nitrogen and oxygen atoms in total. The van der Waals surface area contributed by atoms with Gasteiger partial charge in [0.2, 0.25) is 10.0 Å². The molecule has 15 heteroatoms. The van der Waals surface area contributed by atoms with E-state index in [9.17, 15) is 28.4 Å². The number of aliphatic hydroxyl groups excluding tert-OH is 1. The predicted molar refractivity (Wildman–Crippen MR) is 154 cm³/mol. The van der Waals surface area contributed by atoms with Gasteiger partial charge in [0.15, 0.2) is 5.52 Å². The summed E-state index contributed by atoms with van der Waals surface area (Å²) in [5, 5.41) is 25.0. The molecule has 230 valence electrons. The molecule has 1 aliphatic heterocycles. The molecule has 0 aliphatic carbocycles. The van der Waals surface area contributed by atoms with Gasteiger partial charge >= 0.3 is 0 Å². The minimum atomic E-state index is -3.94. The summed E-state index contributed by atoms with van der Waals surface area (Å²) < 4.78 is 36.1. The van der Waals surface area contributed by atoms with Gasteiger partial charge < -0.3 is 19.7 Å². The minimum absolute atomic E-state index is 0.0217. The van der Waals surface area contributed by atoms with Crippen LogP contribution in [0.15, 0.2) is 27.9 Å². The summed E-state index contributed by atoms with van der Waals surface area (Å²) in [6.45, 7) is 6.09. The average Bonchev–Trinajstić information content (AvgIpc) is 3.28. The van der Waals surface area contributed by atoms with Gasteiger partial charge in [0.05, 0.1) is 28.9 Å². The van der Waals surface area contributed by atoms with Gasteiger partial charge in [-0.05, 0) is 56.7 Å². The van der Waals surface area contributed by atoms with Crippen LogP contribution in [0.4, 0.5) is 0 Å². The Balaban J connectivity index is 1.62. The highest BCUT2D eigenvalue weighted by Gasteiger charge is 2.35. The van der Waals surface area contributed by atoms with Crippen LogP contribution in [0, 0.1) is 22.0 Å². The molecule has 2 unspecified atom stereocenters. The smallest absolute Gasteiger partial charge is 0.294 e. The van der Waals surface area contributed by atoms with Crippen molar-refractivity contribution in [3.05, 3.63) is 44.4 Å². The van der Waals surface area contributed by atoms with Crippen LogP contribution in [0.1, 0.15) is 52.1 Å². The number of piperidine rings is 1. The zero-order chi connectivity index (χ0) is 30.6. The molecule has 2 aromatic heterocycles. The second-order valence-corrected chi connectivity index (χ2v) is 12.4. The monoisotopic (exact) mass is 606 g/mol. The van der Waals surface area contributed by atoms with Crippen molar-refractivity contribution in [2.24, 2.45) is 18.9 Å². The average molecular weight is 607 g/mol. The van der Waals surface area contributed by atoms with E-state index in [-0.39, 0.29) is 36.3 Å². The number of fused-ring (bicyclic) bond motifs is 1. The van der Waals surface area contributed by atoms with Crippen LogP contribution in [-0.4, -0.2) is 75.1 Å². The lowest BCUT2D eigenvalue weighted by Gasteiger charge is -2.36. The van der Waals surface area contributed by atoms with Crippen LogP contribution in [0.25, 0.3) is 22.4 Å². The van der Waals surface area contributed by atoms with Crippen molar-refractivity contribution >= 4 is 21.1 Å². The number of nitrogens with one attached hydrogen (secondary N) is 1. The Labute approximate surface area is 243 Å². The van der Waals surface area contributed by atoms with Crippen molar-refractivity contribution in [2.45, 2.75) is 63.9 Å². The number of aryl methyl sites for hydroxylation is 2. The fraction of sp³-hybridized carbons (Fsp3) is 0.593. The van der Waals surface area contributed by atoms with Crippen molar-refractivity contribution in [1.29, 1.82) is 0 Å². The number of rotatable bonds is 13. The normalized spacial score (nSPS) is 16.4. The van der Waals surface area contributed by atoms with E-state index in [1.807, 2.05) is 13.8 Å². The highest BCUT2D eigenvalue weighted by Crippen LogP contribution is 2.34. The van der Waals surface area contributed by atoms with Crippen LogP contribution < -0.4 is 10.3 Å². The van der Waals surface area contributed by atoms with Gasteiger partial charge in [0.1, 0.15) is 23.7 Å². The fourth-order valence-corrected chi connectivity index (χ4v) is 7.02. The number of ether oxygens (including phenoxy) is 1. The Morgan fingerprint density at radius 1 is 1.24 bits per heavy atom. The van der Waals surface area contributed by atoms with Crippen molar-refractivity contribution < 1.29 is 28.2 Å². The number of sulfonamides is 1. The van der Waals surface area contributed by atoms with E-state index in [1.54, 1.807) is 20.0 Å². The third-order valence-electron chi connectivity index (χ3n) is 7.78. The van der Waals surface area contributed by atoms with Crippen molar-refractivity contribution in [1.82, 2.24) is 24.1 Å². The van der Waals surface area contributed by atoms with Gasteiger partial charge in [-0.3, -0.25) is 9.48 Å². The van der Waals surface area contributed by atoms with Crippen LogP contribution in [0.5, 0.6) is 5.75 Å². The molecular weight excluding hydrogens is 568 g/mol. The van der Waals surface area contributed by atoms with E-state index in [4.69, 9.17) is 9.72 Å². The summed E-state index contributed by atoms with van der Waals surface area (Å²) in [5.74, 6) is -0.0840. The molecule has 1 saturated heterocycles. The van der Waals surface area contributed by atoms with Gasteiger partial charge in [0.25, 0.3) is 10.6 Å². The number of aliphatic hydroxyl groups is 1. The molecule has 0 bridgehead atoms. The molecule has 3 heterocycles. The maximum Gasteiger partial charge on any atom is 0.294 e. The molecule has 3 aromatic rings. The molecular formula is C27H38N6O8S. The summed E-state index contributed by atoms with van der Waals surface area (Å²) in [4.78, 5) is 35.6. The first-order chi connectivity index (χ1) is 20.0. The van der Waals surface area contributed by atoms with E-state index in [0.717, 1.165) is 6.42 Å². The number of nitrogens with zero attached hydrogens (tertiary/aromatic N) is 5. The number of aromatic nitrogens is 4. The van der Waals surface area contributed by atoms with E-state index < -0.39 is 32.7 Å². The van der Waals surface area contributed by atoms with Crippen LogP contribution in [0.2, 0.25) is 0 Å². The summed E-state index contributed by atoms with van der Waals surface area (Å²) in [6.07, 6.45) is 1.88. The molecule has 2 N–H and O–H groups in total. The van der Waals surface area contributed by atoms with E-state index >= 15 is 0 Å². The number of hydrogen-bond acceptors (Lipinski definition) is 10. The first-order valence-corrected chi connectivity index (χ1v) is 15.6. The van der Waals surface area contributed by atoms with Crippen LogP contribution in [0.3, 0.4) is 0 Å². The van der Waals surface area contributed by atoms with Crippen LogP contribution >= 0.6 is 0 Å². The molecule has 1 aromatic carbocycles. The van der Waals surface area contributed by atoms with Crippen molar-refractivity contribution in [2.75, 3.05) is 26.3 Å². The molecule has 0 spiro atoms. The number of aromatic amines is 1. The van der Waals surface area contributed by atoms with E-state index in [2.05, 4.69) is 14.9 Å². The zero-order valence-corrected chi connectivity index (χ0v) is 25.1. The molecule has 0 radical (unpaired) electrons. The Bertz CT molecular complexity index is 1580.